The molecule has 0 fully saturated rings. The molecule has 3 N–H and O–H groups in total. The molecule has 1 aromatic rings. The highest BCUT2D eigenvalue weighted by Crippen LogP contribution is 2.08. The van der Waals surface area contributed by atoms with Gasteiger partial charge in [0, 0.05) is 12.1 Å². The van der Waals surface area contributed by atoms with Crippen LogP contribution in [0.1, 0.15) is 5.56 Å². The van der Waals surface area contributed by atoms with Crippen LogP contribution in [-0.2, 0) is 0 Å². The topological polar surface area (TPSA) is 36.8 Å². The predicted molar refractivity (Wildman–Crippen MR) is 34.5 cm³/mol. The van der Waals surface area contributed by atoms with E-state index in [1.54, 1.807) is 13.0 Å². The van der Waals surface area contributed by atoms with Crippen LogP contribution in [0.5, 0.6) is 0 Å². The number of nitrogens with two attached hydrogens (primary N) is 1. The number of quaternary nitrogens is 1. The number of hydrogen-bond acceptors (Lipinski definition) is 1. The molecular formula is C7H9FNO+. The summed E-state index contributed by atoms with van der Waals surface area (Å²) in [5, 5.41) is 8.51. The molecule has 0 aromatic heterocycles. The van der Waals surface area contributed by atoms with Crippen molar-refractivity contribution >= 4 is 5.69 Å². The molecule has 0 spiro atoms. The summed E-state index contributed by atoms with van der Waals surface area (Å²) in [5.41, 5.74) is 2.12. The van der Waals surface area contributed by atoms with Gasteiger partial charge >= 0.3 is 0 Å². The Labute approximate surface area is 58.3 Å². The van der Waals surface area contributed by atoms with Crippen molar-refractivity contribution in [3.05, 3.63) is 29.6 Å². The molecule has 10 heavy (non-hydrogen) atoms. The molecule has 1 rings (SSSR count). The molecule has 0 aliphatic carbocycles. The third kappa shape index (κ3) is 1.32. The minimum Gasteiger partial charge on any atom is -0.215 e. The SMILES string of the molecule is Cc1cc([NH2+]O)ccc1F. The van der Waals surface area contributed by atoms with Crippen molar-refractivity contribution in [3.63, 3.8) is 0 Å². The zero-order chi connectivity index (χ0) is 7.56. The van der Waals surface area contributed by atoms with E-state index in [-0.39, 0.29) is 5.82 Å². The predicted octanol–water partition coefficient (Wildman–Crippen LogP) is 0.718. The van der Waals surface area contributed by atoms with Crippen molar-refractivity contribution in [1.29, 1.82) is 0 Å². The monoisotopic (exact) mass is 142 g/mol. The first kappa shape index (κ1) is 7.18. The lowest BCUT2D eigenvalue weighted by molar-refractivity contribution is -0.825. The Hall–Kier alpha value is -0.930. The van der Waals surface area contributed by atoms with E-state index in [9.17, 15) is 4.39 Å². The van der Waals surface area contributed by atoms with Gasteiger partial charge in [0.2, 0.25) is 0 Å². The van der Waals surface area contributed by atoms with Gasteiger partial charge in [0.1, 0.15) is 5.82 Å². The molecule has 1 aromatic carbocycles. The van der Waals surface area contributed by atoms with Crippen LogP contribution in [0.3, 0.4) is 0 Å². The van der Waals surface area contributed by atoms with E-state index >= 15 is 0 Å². The quantitative estimate of drug-likeness (QED) is 0.440. The van der Waals surface area contributed by atoms with Gasteiger partial charge in [-0.2, -0.15) is 5.48 Å². The molecule has 0 unspecified atom stereocenters. The zero-order valence-corrected chi connectivity index (χ0v) is 5.63. The van der Waals surface area contributed by atoms with E-state index in [1.807, 2.05) is 0 Å². The fraction of sp³-hybridized carbons (Fsp3) is 0.143. The second-order valence-electron chi connectivity index (χ2n) is 2.14. The summed E-state index contributed by atoms with van der Waals surface area (Å²) in [6, 6.07) is 4.43. The summed E-state index contributed by atoms with van der Waals surface area (Å²) in [5.74, 6) is -0.245. The maximum atomic E-state index is 12.5. The third-order valence-electron chi connectivity index (χ3n) is 1.33. The molecule has 0 amide bonds. The smallest absolute Gasteiger partial charge is 0.162 e. The second kappa shape index (κ2) is 2.77. The van der Waals surface area contributed by atoms with E-state index in [0.29, 0.717) is 11.3 Å². The first-order valence-corrected chi connectivity index (χ1v) is 2.97. The van der Waals surface area contributed by atoms with Crippen LogP contribution in [-0.4, -0.2) is 5.21 Å². The van der Waals surface area contributed by atoms with Crippen molar-refractivity contribution in [2.24, 2.45) is 0 Å². The van der Waals surface area contributed by atoms with E-state index in [1.165, 1.54) is 12.1 Å². The Bertz CT molecular complexity index is 237. The van der Waals surface area contributed by atoms with Crippen LogP contribution in [0.2, 0.25) is 0 Å². The lowest BCUT2D eigenvalue weighted by atomic mass is 10.2. The lowest BCUT2D eigenvalue weighted by Gasteiger charge is -1.95. The molecule has 2 nitrogen and oxygen atoms in total. The molecule has 0 saturated heterocycles. The summed E-state index contributed by atoms with van der Waals surface area (Å²) in [6.07, 6.45) is 0. The number of aryl methyl sites for hydroxylation is 1. The molecule has 0 aliphatic heterocycles. The lowest BCUT2D eigenvalue weighted by Crippen LogP contribution is -2.73. The first-order valence-electron chi connectivity index (χ1n) is 2.97. The van der Waals surface area contributed by atoms with Crippen LogP contribution >= 0.6 is 0 Å². The normalized spacial score (nSPS) is 9.90. The van der Waals surface area contributed by atoms with Crippen molar-refractivity contribution in [1.82, 2.24) is 0 Å². The highest BCUT2D eigenvalue weighted by atomic mass is 19.1. The minimum atomic E-state index is -0.245. The Morgan fingerprint density at radius 2 is 2.20 bits per heavy atom. The molecule has 54 valence electrons. The standard InChI is InChI=1S/C7H8FNO/c1-5-4-6(9-10)2-3-7(5)8/h2-4,9-10H,1H3/p+1. The fourth-order valence-electron chi connectivity index (χ4n) is 0.748. The molecule has 0 heterocycles. The van der Waals surface area contributed by atoms with Gasteiger partial charge in [0.15, 0.2) is 5.69 Å². The average Bonchev–Trinajstić information content (AvgIpc) is 1.95. The van der Waals surface area contributed by atoms with Crippen LogP contribution < -0.4 is 5.48 Å². The summed E-state index contributed by atoms with van der Waals surface area (Å²) in [6.45, 7) is 1.66. The van der Waals surface area contributed by atoms with Gasteiger partial charge in [-0.05, 0) is 18.6 Å². The molecule has 0 atom stereocenters. The zero-order valence-electron chi connectivity index (χ0n) is 5.63. The van der Waals surface area contributed by atoms with Crippen molar-refractivity contribution in [2.75, 3.05) is 0 Å². The largest absolute Gasteiger partial charge is 0.215 e. The minimum absolute atomic E-state index is 0.245. The van der Waals surface area contributed by atoms with Gasteiger partial charge in [0.25, 0.3) is 0 Å². The average molecular weight is 142 g/mol. The summed E-state index contributed by atoms with van der Waals surface area (Å²) in [7, 11) is 0. The fourth-order valence-corrected chi connectivity index (χ4v) is 0.748. The van der Waals surface area contributed by atoms with E-state index in [0.717, 1.165) is 5.48 Å². The Balaban J connectivity index is 3.04. The molecule has 0 aliphatic rings. The van der Waals surface area contributed by atoms with Gasteiger partial charge in [-0.15, -0.1) is 0 Å². The van der Waals surface area contributed by atoms with Gasteiger partial charge in [-0.25, -0.2) is 9.60 Å². The van der Waals surface area contributed by atoms with Crippen molar-refractivity contribution < 1.29 is 15.1 Å². The van der Waals surface area contributed by atoms with E-state index in [4.69, 9.17) is 5.21 Å². The van der Waals surface area contributed by atoms with Crippen LogP contribution in [0.15, 0.2) is 18.2 Å². The van der Waals surface area contributed by atoms with Crippen LogP contribution in [0, 0.1) is 12.7 Å². The molecular weight excluding hydrogens is 133 g/mol. The molecule has 0 radical (unpaired) electrons. The number of benzene rings is 1. The number of rotatable bonds is 1. The van der Waals surface area contributed by atoms with Crippen molar-refractivity contribution in [2.45, 2.75) is 6.92 Å². The maximum absolute atomic E-state index is 12.5. The highest BCUT2D eigenvalue weighted by molar-refractivity contribution is 5.32. The van der Waals surface area contributed by atoms with E-state index < -0.39 is 0 Å². The van der Waals surface area contributed by atoms with Gasteiger partial charge < -0.3 is 0 Å². The molecule has 0 bridgehead atoms. The second-order valence-corrected chi connectivity index (χ2v) is 2.14. The Morgan fingerprint density at radius 3 is 2.70 bits per heavy atom. The van der Waals surface area contributed by atoms with Crippen molar-refractivity contribution in [3.8, 4) is 0 Å². The van der Waals surface area contributed by atoms with Crippen LogP contribution in [0.4, 0.5) is 10.1 Å². The Morgan fingerprint density at radius 1 is 1.50 bits per heavy atom. The number of hydrogen-bond donors (Lipinski definition) is 2. The first-order chi connectivity index (χ1) is 4.74. The highest BCUT2D eigenvalue weighted by Gasteiger charge is 1.99. The molecule has 0 saturated carbocycles. The third-order valence-corrected chi connectivity index (χ3v) is 1.33. The summed E-state index contributed by atoms with van der Waals surface area (Å²) in [4.78, 5) is 0. The maximum Gasteiger partial charge on any atom is 0.162 e. The van der Waals surface area contributed by atoms with Gasteiger partial charge in [-0.3, -0.25) is 0 Å². The van der Waals surface area contributed by atoms with Crippen LogP contribution in [0.25, 0.3) is 0 Å². The van der Waals surface area contributed by atoms with Gasteiger partial charge in [-0.1, -0.05) is 0 Å². The number of halogens is 1. The molecule has 3 heteroatoms. The van der Waals surface area contributed by atoms with E-state index in [2.05, 4.69) is 0 Å². The summed E-state index contributed by atoms with van der Waals surface area (Å²) >= 11 is 0. The van der Waals surface area contributed by atoms with Gasteiger partial charge in [0.05, 0.1) is 0 Å². The Kier molecular flexibility index (Phi) is 1.99. The summed E-state index contributed by atoms with van der Waals surface area (Å²) < 4.78 is 12.5.